The van der Waals surface area contributed by atoms with Gasteiger partial charge in [-0.05, 0) is 37.0 Å². The van der Waals surface area contributed by atoms with Crippen LogP contribution in [0.4, 0.5) is 5.69 Å². The van der Waals surface area contributed by atoms with Crippen molar-refractivity contribution >= 4 is 11.6 Å². The maximum Gasteiger partial charge on any atom is 0.251 e. The molecule has 1 unspecified atom stereocenters. The average Bonchev–Trinajstić information content (AvgIpc) is 2.37. The highest BCUT2D eigenvalue weighted by Gasteiger charge is 2.12. The smallest absolute Gasteiger partial charge is 0.251 e. The molecule has 0 aromatic heterocycles. The van der Waals surface area contributed by atoms with Crippen LogP contribution in [0.25, 0.3) is 0 Å². The van der Waals surface area contributed by atoms with Gasteiger partial charge in [0.2, 0.25) is 0 Å². The van der Waals surface area contributed by atoms with Gasteiger partial charge < -0.3 is 16.2 Å². The summed E-state index contributed by atoms with van der Waals surface area (Å²) >= 11 is 0. The molecule has 0 spiro atoms. The van der Waals surface area contributed by atoms with E-state index in [1.807, 2.05) is 6.92 Å². The van der Waals surface area contributed by atoms with Gasteiger partial charge in [0.25, 0.3) is 5.91 Å². The van der Waals surface area contributed by atoms with Gasteiger partial charge in [0, 0.05) is 24.4 Å². The number of nitrogens with one attached hydrogen (secondary N) is 1. The molecule has 100 valence electrons. The topological polar surface area (TPSA) is 75.3 Å². The highest BCUT2D eigenvalue weighted by atomic mass is 16.3. The quantitative estimate of drug-likeness (QED) is 0.673. The van der Waals surface area contributed by atoms with E-state index in [1.165, 1.54) is 0 Å². The highest BCUT2D eigenvalue weighted by molar-refractivity contribution is 5.96. The summed E-state index contributed by atoms with van der Waals surface area (Å²) in [7, 11) is 0. The molecular weight excluding hydrogens is 228 g/mol. The molecule has 1 atom stereocenters. The van der Waals surface area contributed by atoms with E-state index in [9.17, 15) is 4.79 Å². The van der Waals surface area contributed by atoms with Crippen LogP contribution in [0.3, 0.4) is 0 Å². The van der Waals surface area contributed by atoms with Crippen molar-refractivity contribution in [3.8, 4) is 0 Å². The zero-order valence-electron chi connectivity index (χ0n) is 11.1. The van der Waals surface area contributed by atoms with Crippen LogP contribution in [0.5, 0.6) is 0 Å². The first-order chi connectivity index (χ1) is 8.60. The van der Waals surface area contributed by atoms with E-state index in [2.05, 4.69) is 12.2 Å². The van der Waals surface area contributed by atoms with Crippen LogP contribution in [0.1, 0.15) is 35.7 Å². The molecule has 1 aromatic rings. The lowest BCUT2D eigenvalue weighted by atomic mass is 10.0. The molecule has 1 amide bonds. The summed E-state index contributed by atoms with van der Waals surface area (Å²) in [6.45, 7) is 4.64. The summed E-state index contributed by atoms with van der Waals surface area (Å²) in [6, 6.07) is 5.34. The predicted octanol–water partition coefficient (Wildman–Crippen LogP) is 1.72. The van der Waals surface area contributed by atoms with Crippen molar-refractivity contribution in [1.82, 2.24) is 5.32 Å². The van der Waals surface area contributed by atoms with E-state index in [1.54, 1.807) is 18.2 Å². The molecule has 0 aliphatic heterocycles. The number of anilines is 1. The fraction of sp³-hybridized carbons (Fsp3) is 0.500. The van der Waals surface area contributed by atoms with E-state index < -0.39 is 0 Å². The van der Waals surface area contributed by atoms with Gasteiger partial charge in [-0.1, -0.05) is 19.4 Å². The molecule has 0 radical (unpaired) electrons. The fourth-order valence-electron chi connectivity index (χ4n) is 1.86. The lowest BCUT2D eigenvalue weighted by Gasteiger charge is -2.15. The van der Waals surface area contributed by atoms with Gasteiger partial charge in [-0.25, -0.2) is 0 Å². The molecule has 0 fully saturated rings. The fourth-order valence-corrected chi connectivity index (χ4v) is 1.86. The Morgan fingerprint density at radius 1 is 1.50 bits per heavy atom. The van der Waals surface area contributed by atoms with Gasteiger partial charge in [-0.3, -0.25) is 4.79 Å². The van der Waals surface area contributed by atoms with Crippen molar-refractivity contribution in [2.45, 2.75) is 26.7 Å². The number of aliphatic hydroxyl groups is 1. The summed E-state index contributed by atoms with van der Waals surface area (Å²) in [5.74, 6) is 0.219. The molecule has 1 rings (SSSR count). The van der Waals surface area contributed by atoms with Crippen LogP contribution in [0, 0.1) is 12.8 Å². The van der Waals surface area contributed by atoms with Crippen molar-refractivity contribution in [3.05, 3.63) is 29.3 Å². The first kappa shape index (κ1) is 14.5. The van der Waals surface area contributed by atoms with Gasteiger partial charge in [-0.15, -0.1) is 0 Å². The molecule has 18 heavy (non-hydrogen) atoms. The molecule has 0 saturated carbocycles. The standard InChI is InChI=1S/C14H22N2O2/c1-3-11(7-8-17)9-16-14(18)12-5-4-6-13(15)10(12)2/h4-6,11,17H,3,7-9,15H2,1-2H3,(H,16,18). The largest absolute Gasteiger partial charge is 0.398 e. The number of nitrogens with two attached hydrogens (primary N) is 1. The second kappa shape index (κ2) is 7.01. The number of nitrogen functional groups attached to an aromatic ring is 1. The Morgan fingerprint density at radius 3 is 2.83 bits per heavy atom. The number of rotatable bonds is 6. The summed E-state index contributed by atoms with van der Waals surface area (Å²) < 4.78 is 0. The van der Waals surface area contributed by atoms with Gasteiger partial charge in [-0.2, -0.15) is 0 Å². The van der Waals surface area contributed by atoms with E-state index in [4.69, 9.17) is 10.8 Å². The molecular formula is C14H22N2O2. The first-order valence-electron chi connectivity index (χ1n) is 6.34. The van der Waals surface area contributed by atoms with Gasteiger partial charge in [0.05, 0.1) is 0 Å². The van der Waals surface area contributed by atoms with Crippen LogP contribution in [0.2, 0.25) is 0 Å². The Kier molecular flexibility index (Phi) is 5.65. The second-order valence-electron chi connectivity index (χ2n) is 4.52. The number of amides is 1. The van der Waals surface area contributed by atoms with Crippen LogP contribution in [-0.4, -0.2) is 24.2 Å². The predicted molar refractivity (Wildman–Crippen MR) is 73.4 cm³/mol. The van der Waals surface area contributed by atoms with Crippen molar-refractivity contribution < 1.29 is 9.90 Å². The van der Waals surface area contributed by atoms with E-state index in [0.717, 1.165) is 12.0 Å². The molecule has 0 aliphatic rings. The summed E-state index contributed by atoms with van der Waals surface area (Å²) in [5.41, 5.74) is 7.83. The van der Waals surface area contributed by atoms with Crippen molar-refractivity contribution in [1.29, 1.82) is 0 Å². The Bertz CT molecular complexity index is 405. The maximum atomic E-state index is 12.0. The van der Waals surface area contributed by atoms with Crippen LogP contribution in [-0.2, 0) is 0 Å². The molecule has 1 aromatic carbocycles. The molecule has 4 nitrogen and oxygen atoms in total. The zero-order valence-corrected chi connectivity index (χ0v) is 11.1. The molecule has 0 heterocycles. The zero-order chi connectivity index (χ0) is 13.5. The third-order valence-electron chi connectivity index (χ3n) is 3.29. The lowest BCUT2D eigenvalue weighted by molar-refractivity contribution is 0.0943. The number of aliphatic hydroxyl groups excluding tert-OH is 1. The first-order valence-corrected chi connectivity index (χ1v) is 6.34. The van der Waals surface area contributed by atoms with Crippen molar-refractivity contribution in [2.24, 2.45) is 5.92 Å². The van der Waals surface area contributed by atoms with Crippen LogP contribution >= 0.6 is 0 Å². The van der Waals surface area contributed by atoms with Gasteiger partial charge in [0.1, 0.15) is 0 Å². The maximum absolute atomic E-state index is 12.0. The molecule has 0 bridgehead atoms. The monoisotopic (exact) mass is 250 g/mol. The Balaban J connectivity index is 2.62. The SMILES string of the molecule is CCC(CCO)CNC(=O)c1cccc(N)c1C. The van der Waals surface area contributed by atoms with Crippen molar-refractivity contribution in [3.63, 3.8) is 0 Å². The third kappa shape index (κ3) is 3.74. The minimum Gasteiger partial charge on any atom is -0.398 e. The number of carbonyl (C=O) groups excluding carboxylic acids is 1. The summed E-state index contributed by atoms with van der Waals surface area (Å²) in [4.78, 5) is 12.0. The number of carbonyl (C=O) groups is 1. The molecule has 4 heteroatoms. The minimum absolute atomic E-state index is 0.101. The number of hydrogen-bond acceptors (Lipinski definition) is 3. The minimum atomic E-state index is -0.101. The van der Waals surface area contributed by atoms with Crippen LogP contribution in [0.15, 0.2) is 18.2 Å². The third-order valence-corrected chi connectivity index (χ3v) is 3.29. The van der Waals surface area contributed by atoms with Gasteiger partial charge in [0.15, 0.2) is 0 Å². The summed E-state index contributed by atoms with van der Waals surface area (Å²) in [6.07, 6.45) is 1.66. The Labute approximate surface area is 108 Å². The van der Waals surface area contributed by atoms with Crippen molar-refractivity contribution in [2.75, 3.05) is 18.9 Å². The highest BCUT2D eigenvalue weighted by Crippen LogP contribution is 2.15. The molecule has 0 saturated heterocycles. The molecule has 0 aliphatic carbocycles. The number of hydrogen-bond donors (Lipinski definition) is 3. The van der Waals surface area contributed by atoms with E-state index in [-0.39, 0.29) is 12.5 Å². The Hall–Kier alpha value is -1.55. The molecule has 4 N–H and O–H groups in total. The van der Waals surface area contributed by atoms with E-state index >= 15 is 0 Å². The average molecular weight is 250 g/mol. The van der Waals surface area contributed by atoms with Gasteiger partial charge >= 0.3 is 0 Å². The number of benzene rings is 1. The normalized spacial score (nSPS) is 12.2. The van der Waals surface area contributed by atoms with E-state index in [0.29, 0.717) is 30.1 Å². The summed E-state index contributed by atoms with van der Waals surface area (Å²) in [5, 5.41) is 11.8. The Morgan fingerprint density at radius 2 is 2.22 bits per heavy atom. The van der Waals surface area contributed by atoms with Crippen LogP contribution < -0.4 is 11.1 Å². The lowest BCUT2D eigenvalue weighted by Crippen LogP contribution is -2.30. The second-order valence-corrected chi connectivity index (χ2v) is 4.52.